The van der Waals surface area contributed by atoms with Gasteiger partial charge in [0.25, 0.3) is 0 Å². The maximum Gasteiger partial charge on any atom is 0.433 e. The largest absolute Gasteiger partial charge is 0.433 e. The predicted molar refractivity (Wildman–Crippen MR) is 47.0 cm³/mol. The number of hydrogen-bond donors (Lipinski definition) is 1. The highest BCUT2D eigenvalue weighted by molar-refractivity contribution is 6.29. The molecule has 78 valence electrons. The third-order valence-electron chi connectivity index (χ3n) is 1.58. The van der Waals surface area contributed by atoms with Crippen molar-refractivity contribution < 1.29 is 13.2 Å². The smallest absolute Gasteiger partial charge is 0.330 e. The summed E-state index contributed by atoms with van der Waals surface area (Å²) in [4.78, 5) is 3.19. The fourth-order valence-electron chi connectivity index (χ4n) is 1.01. The maximum atomic E-state index is 12.2. The molecule has 0 atom stereocenters. The number of aromatic nitrogens is 1. The van der Waals surface area contributed by atoms with Crippen molar-refractivity contribution in [2.75, 3.05) is 6.54 Å². The van der Waals surface area contributed by atoms with Gasteiger partial charge in [-0.3, -0.25) is 0 Å². The fraction of sp³-hybridized carbons (Fsp3) is 0.375. The SMILES string of the molecule is NCCc1cc(Cl)nc(C(F)(F)F)c1. The Hall–Kier alpha value is -0.810. The summed E-state index contributed by atoms with van der Waals surface area (Å²) in [6.07, 6.45) is -4.11. The molecule has 0 spiro atoms. The van der Waals surface area contributed by atoms with E-state index in [1.807, 2.05) is 0 Å². The normalized spacial score (nSPS) is 11.8. The molecule has 6 heteroatoms. The van der Waals surface area contributed by atoms with E-state index in [0.717, 1.165) is 6.07 Å². The number of hydrogen-bond acceptors (Lipinski definition) is 2. The minimum absolute atomic E-state index is 0.164. The van der Waals surface area contributed by atoms with Crippen LogP contribution >= 0.6 is 11.6 Å². The van der Waals surface area contributed by atoms with Crippen molar-refractivity contribution >= 4 is 11.6 Å². The number of pyridine rings is 1. The van der Waals surface area contributed by atoms with Gasteiger partial charge in [0.05, 0.1) is 0 Å². The molecule has 1 heterocycles. The quantitative estimate of drug-likeness (QED) is 0.783. The summed E-state index contributed by atoms with van der Waals surface area (Å²) in [7, 11) is 0. The molecule has 1 aromatic heterocycles. The van der Waals surface area contributed by atoms with Gasteiger partial charge in [-0.1, -0.05) is 11.6 Å². The summed E-state index contributed by atoms with van der Waals surface area (Å²) >= 11 is 5.44. The minimum atomic E-state index is -4.46. The van der Waals surface area contributed by atoms with Crippen molar-refractivity contribution in [1.82, 2.24) is 4.98 Å². The highest BCUT2D eigenvalue weighted by Crippen LogP contribution is 2.29. The summed E-state index contributed by atoms with van der Waals surface area (Å²) < 4.78 is 36.7. The van der Waals surface area contributed by atoms with Crippen LogP contribution in [0.4, 0.5) is 13.2 Å². The predicted octanol–water partition coefficient (Wildman–Crippen LogP) is 2.25. The van der Waals surface area contributed by atoms with Gasteiger partial charge >= 0.3 is 6.18 Å². The third-order valence-corrected chi connectivity index (χ3v) is 1.77. The van der Waals surface area contributed by atoms with Gasteiger partial charge in [-0.25, -0.2) is 4.98 Å². The summed E-state index contributed by atoms with van der Waals surface area (Å²) in [5.41, 5.74) is 4.69. The second kappa shape index (κ2) is 4.14. The molecule has 0 bridgehead atoms. The Labute approximate surface area is 83.9 Å². The summed E-state index contributed by atoms with van der Waals surface area (Å²) in [5.74, 6) is 0. The first-order valence-electron chi connectivity index (χ1n) is 3.87. The maximum absolute atomic E-state index is 12.2. The zero-order valence-electron chi connectivity index (χ0n) is 7.11. The van der Waals surface area contributed by atoms with Gasteiger partial charge in [0.15, 0.2) is 0 Å². The van der Waals surface area contributed by atoms with E-state index in [4.69, 9.17) is 17.3 Å². The topological polar surface area (TPSA) is 38.9 Å². The Morgan fingerprint density at radius 1 is 1.36 bits per heavy atom. The van der Waals surface area contributed by atoms with Crippen LogP contribution in [0, 0.1) is 0 Å². The van der Waals surface area contributed by atoms with Crippen molar-refractivity contribution in [2.24, 2.45) is 5.73 Å². The van der Waals surface area contributed by atoms with Crippen LogP contribution in [0.2, 0.25) is 5.15 Å². The summed E-state index contributed by atoms with van der Waals surface area (Å²) in [6, 6.07) is 2.34. The van der Waals surface area contributed by atoms with Crippen molar-refractivity contribution in [3.05, 3.63) is 28.5 Å². The van der Waals surface area contributed by atoms with Gasteiger partial charge in [-0.2, -0.15) is 13.2 Å². The molecule has 0 amide bonds. The Balaban J connectivity index is 3.07. The number of rotatable bonds is 2. The first-order chi connectivity index (χ1) is 6.43. The average Bonchev–Trinajstić information content (AvgIpc) is 2.02. The standard InChI is InChI=1S/C8H8ClF3N2/c9-7-4-5(1-2-13)3-6(14-7)8(10,11)12/h3-4H,1-2,13H2. The van der Waals surface area contributed by atoms with E-state index in [1.54, 1.807) is 0 Å². The lowest BCUT2D eigenvalue weighted by atomic mass is 10.1. The number of nitrogens with zero attached hydrogens (tertiary/aromatic N) is 1. The van der Waals surface area contributed by atoms with Gasteiger partial charge in [-0.05, 0) is 30.7 Å². The Morgan fingerprint density at radius 2 is 2.00 bits per heavy atom. The molecule has 1 rings (SSSR count). The molecule has 0 radical (unpaired) electrons. The second-order valence-corrected chi connectivity index (χ2v) is 3.11. The Bertz CT molecular complexity index is 325. The molecule has 14 heavy (non-hydrogen) atoms. The second-order valence-electron chi connectivity index (χ2n) is 2.72. The van der Waals surface area contributed by atoms with Gasteiger partial charge < -0.3 is 5.73 Å². The van der Waals surface area contributed by atoms with E-state index in [0.29, 0.717) is 12.0 Å². The van der Waals surface area contributed by atoms with E-state index in [9.17, 15) is 13.2 Å². The molecule has 2 N–H and O–H groups in total. The highest BCUT2D eigenvalue weighted by atomic mass is 35.5. The zero-order chi connectivity index (χ0) is 10.8. The van der Waals surface area contributed by atoms with E-state index < -0.39 is 11.9 Å². The van der Waals surface area contributed by atoms with Crippen LogP contribution in [0.25, 0.3) is 0 Å². The molecule has 0 aliphatic rings. The molecule has 0 saturated heterocycles. The van der Waals surface area contributed by atoms with Crippen LogP contribution < -0.4 is 5.73 Å². The first kappa shape index (κ1) is 11.3. The molecule has 0 saturated carbocycles. The molecule has 0 aliphatic heterocycles. The van der Waals surface area contributed by atoms with Crippen molar-refractivity contribution in [2.45, 2.75) is 12.6 Å². The van der Waals surface area contributed by atoms with Crippen molar-refractivity contribution in [3.63, 3.8) is 0 Å². The lowest BCUT2D eigenvalue weighted by Crippen LogP contribution is -2.10. The van der Waals surface area contributed by atoms with Crippen molar-refractivity contribution in [3.8, 4) is 0 Å². The van der Waals surface area contributed by atoms with Crippen LogP contribution in [0.15, 0.2) is 12.1 Å². The van der Waals surface area contributed by atoms with Gasteiger partial charge in [0, 0.05) is 0 Å². The molecular formula is C8H8ClF3N2. The van der Waals surface area contributed by atoms with Crippen molar-refractivity contribution in [1.29, 1.82) is 0 Å². The lowest BCUT2D eigenvalue weighted by molar-refractivity contribution is -0.141. The van der Waals surface area contributed by atoms with E-state index >= 15 is 0 Å². The molecule has 0 aliphatic carbocycles. The van der Waals surface area contributed by atoms with Gasteiger partial charge in [0.1, 0.15) is 10.8 Å². The van der Waals surface area contributed by atoms with E-state index in [2.05, 4.69) is 4.98 Å². The fourth-order valence-corrected chi connectivity index (χ4v) is 1.24. The van der Waals surface area contributed by atoms with E-state index in [-0.39, 0.29) is 11.7 Å². The summed E-state index contributed by atoms with van der Waals surface area (Å²) in [5, 5.41) is -0.164. The molecule has 1 aromatic rings. The Morgan fingerprint density at radius 3 is 2.50 bits per heavy atom. The van der Waals surface area contributed by atoms with Gasteiger partial charge in [0.2, 0.25) is 0 Å². The summed E-state index contributed by atoms with van der Waals surface area (Å²) in [6.45, 7) is 0.275. The monoisotopic (exact) mass is 224 g/mol. The van der Waals surface area contributed by atoms with E-state index in [1.165, 1.54) is 6.07 Å². The Kier molecular flexibility index (Phi) is 3.34. The van der Waals surface area contributed by atoms with Crippen LogP contribution in [0.5, 0.6) is 0 Å². The number of alkyl halides is 3. The third kappa shape index (κ3) is 2.85. The van der Waals surface area contributed by atoms with Crippen LogP contribution in [0.1, 0.15) is 11.3 Å². The minimum Gasteiger partial charge on any atom is -0.330 e. The van der Waals surface area contributed by atoms with Crippen LogP contribution in [-0.2, 0) is 12.6 Å². The zero-order valence-corrected chi connectivity index (χ0v) is 7.86. The lowest BCUT2D eigenvalue weighted by Gasteiger charge is -2.07. The average molecular weight is 225 g/mol. The molecule has 0 fully saturated rings. The molecule has 0 aromatic carbocycles. The van der Waals surface area contributed by atoms with Crippen LogP contribution in [-0.4, -0.2) is 11.5 Å². The first-order valence-corrected chi connectivity index (χ1v) is 4.25. The highest BCUT2D eigenvalue weighted by Gasteiger charge is 2.32. The number of halogens is 4. The van der Waals surface area contributed by atoms with Gasteiger partial charge in [-0.15, -0.1) is 0 Å². The molecule has 2 nitrogen and oxygen atoms in total. The molecular weight excluding hydrogens is 217 g/mol. The molecule has 0 unspecified atom stereocenters. The van der Waals surface area contributed by atoms with Crippen LogP contribution in [0.3, 0.4) is 0 Å². The number of nitrogens with two attached hydrogens (primary N) is 1.